The summed E-state index contributed by atoms with van der Waals surface area (Å²) >= 11 is 0. The van der Waals surface area contributed by atoms with E-state index >= 15 is 0 Å². The Labute approximate surface area is 136 Å². The number of nitrogens with zero attached hydrogens (tertiary/aromatic N) is 2. The topological polar surface area (TPSA) is 69.7 Å². The summed E-state index contributed by atoms with van der Waals surface area (Å²) in [7, 11) is 0. The van der Waals surface area contributed by atoms with Crippen LogP contribution in [0.5, 0.6) is 0 Å². The summed E-state index contributed by atoms with van der Waals surface area (Å²) in [6, 6.07) is 7.26. The van der Waals surface area contributed by atoms with E-state index in [9.17, 15) is 14.4 Å². The smallest absolute Gasteiger partial charge is 0.224 e. The maximum Gasteiger partial charge on any atom is 0.224 e. The molecular formula is C17H23N3O3. The lowest BCUT2D eigenvalue weighted by molar-refractivity contribution is -0.138. The first-order valence-electron chi connectivity index (χ1n) is 7.85. The summed E-state index contributed by atoms with van der Waals surface area (Å²) in [6.45, 7) is 6.01. The molecule has 124 valence electrons. The van der Waals surface area contributed by atoms with Crippen molar-refractivity contribution in [3.63, 3.8) is 0 Å². The van der Waals surface area contributed by atoms with Crippen molar-refractivity contribution in [2.75, 3.05) is 38.0 Å². The van der Waals surface area contributed by atoms with E-state index in [4.69, 9.17) is 0 Å². The molecule has 1 aromatic carbocycles. The molecule has 1 aromatic rings. The third-order valence-corrected chi connectivity index (χ3v) is 4.01. The van der Waals surface area contributed by atoms with Gasteiger partial charge in [0.1, 0.15) is 0 Å². The van der Waals surface area contributed by atoms with Crippen LogP contribution < -0.4 is 5.32 Å². The molecule has 0 aliphatic carbocycles. The molecular weight excluding hydrogens is 294 g/mol. The van der Waals surface area contributed by atoms with Gasteiger partial charge in [-0.3, -0.25) is 14.4 Å². The molecule has 0 bridgehead atoms. The minimum absolute atomic E-state index is 0.0214. The largest absolute Gasteiger partial charge is 0.385 e. The van der Waals surface area contributed by atoms with Crippen LogP contribution in [0.15, 0.2) is 24.3 Å². The predicted octanol–water partition coefficient (Wildman–Crippen LogP) is 1.38. The lowest BCUT2D eigenvalue weighted by atomic mass is 10.1. The van der Waals surface area contributed by atoms with Crippen molar-refractivity contribution in [3.8, 4) is 0 Å². The highest BCUT2D eigenvalue weighted by Gasteiger charge is 2.21. The fourth-order valence-electron chi connectivity index (χ4n) is 2.59. The second kappa shape index (κ2) is 7.76. The quantitative estimate of drug-likeness (QED) is 0.833. The van der Waals surface area contributed by atoms with Crippen molar-refractivity contribution in [1.82, 2.24) is 9.80 Å². The van der Waals surface area contributed by atoms with E-state index in [1.165, 1.54) is 6.92 Å². The van der Waals surface area contributed by atoms with Crippen molar-refractivity contribution in [2.45, 2.75) is 20.3 Å². The Kier molecular flexibility index (Phi) is 5.73. The number of carbonyl (C=O) groups is 3. The van der Waals surface area contributed by atoms with Gasteiger partial charge >= 0.3 is 0 Å². The number of carbonyl (C=O) groups excluding carboxylic acids is 3. The monoisotopic (exact) mass is 317 g/mol. The first-order valence-corrected chi connectivity index (χ1v) is 7.85. The van der Waals surface area contributed by atoms with Gasteiger partial charge in [0.2, 0.25) is 11.8 Å². The molecule has 0 atom stereocenters. The zero-order valence-electron chi connectivity index (χ0n) is 13.7. The van der Waals surface area contributed by atoms with Gasteiger partial charge in [-0.25, -0.2) is 0 Å². The fraction of sp³-hybridized carbons (Fsp3) is 0.471. The lowest BCUT2D eigenvalue weighted by Gasteiger charge is -2.34. The number of benzene rings is 1. The van der Waals surface area contributed by atoms with Crippen molar-refractivity contribution < 1.29 is 14.4 Å². The fourth-order valence-corrected chi connectivity index (χ4v) is 2.59. The Hall–Kier alpha value is -2.37. The second-order valence-corrected chi connectivity index (χ2v) is 5.70. The zero-order chi connectivity index (χ0) is 16.8. The molecule has 0 saturated carbocycles. The molecule has 2 amide bonds. The highest BCUT2D eigenvalue weighted by molar-refractivity contribution is 5.94. The Bertz CT molecular complexity index is 593. The highest BCUT2D eigenvalue weighted by atomic mass is 16.2. The summed E-state index contributed by atoms with van der Waals surface area (Å²) in [5.74, 6) is 0.167. The number of piperazine rings is 1. The van der Waals surface area contributed by atoms with E-state index in [2.05, 4.69) is 5.32 Å². The molecule has 1 aliphatic heterocycles. The summed E-state index contributed by atoms with van der Waals surface area (Å²) < 4.78 is 0. The summed E-state index contributed by atoms with van der Waals surface area (Å²) in [4.78, 5) is 38.3. The van der Waals surface area contributed by atoms with Crippen LogP contribution in [0.1, 0.15) is 30.6 Å². The number of Topliss-reactive ketones (excluding diaryl/α,β-unsaturated/α-hetero) is 1. The van der Waals surface area contributed by atoms with Crippen LogP contribution in [0.2, 0.25) is 0 Å². The van der Waals surface area contributed by atoms with Crippen LogP contribution in [0.3, 0.4) is 0 Å². The van der Waals surface area contributed by atoms with E-state index < -0.39 is 0 Å². The standard InChI is InChI=1S/C17H23N3O3/c1-13(21)15-4-3-5-16(12-15)18-7-6-17(23)20-10-8-19(9-11-20)14(2)22/h3-5,12,18H,6-11H2,1-2H3. The van der Waals surface area contributed by atoms with Gasteiger partial charge < -0.3 is 15.1 Å². The van der Waals surface area contributed by atoms with Gasteiger partial charge in [0, 0.05) is 57.3 Å². The van der Waals surface area contributed by atoms with E-state index in [1.807, 2.05) is 12.1 Å². The molecule has 0 unspecified atom stereocenters. The summed E-state index contributed by atoms with van der Waals surface area (Å²) in [6.07, 6.45) is 0.393. The van der Waals surface area contributed by atoms with Gasteiger partial charge in [-0.05, 0) is 19.1 Å². The molecule has 1 heterocycles. The molecule has 0 radical (unpaired) electrons. The first-order chi connectivity index (χ1) is 11.0. The van der Waals surface area contributed by atoms with E-state index in [-0.39, 0.29) is 17.6 Å². The maximum absolute atomic E-state index is 12.2. The van der Waals surface area contributed by atoms with E-state index in [0.717, 1.165) is 5.69 Å². The van der Waals surface area contributed by atoms with Crippen LogP contribution in [-0.4, -0.2) is 60.1 Å². The summed E-state index contributed by atoms with van der Waals surface area (Å²) in [5, 5.41) is 3.17. The minimum Gasteiger partial charge on any atom is -0.385 e. The van der Waals surface area contributed by atoms with Crippen LogP contribution in [0, 0.1) is 0 Å². The molecule has 6 heteroatoms. The Morgan fingerprint density at radius 2 is 1.70 bits per heavy atom. The average molecular weight is 317 g/mol. The normalized spacial score (nSPS) is 14.5. The number of anilines is 1. The molecule has 0 aromatic heterocycles. The highest BCUT2D eigenvalue weighted by Crippen LogP contribution is 2.11. The molecule has 23 heavy (non-hydrogen) atoms. The third-order valence-electron chi connectivity index (χ3n) is 4.01. The number of hydrogen-bond acceptors (Lipinski definition) is 4. The number of amides is 2. The predicted molar refractivity (Wildman–Crippen MR) is 88.4 cm³/mol. The van der Waals surface area contributed by atoms with Gasteiger partial charge in [0.15, 0.2) is 5.78 Å². The SMILES string of the molecule is CC(=O)c1cccc(NCCC(=O)N2CCN(C(C)=O)CC2)c1. The average Bonchev–Trinajstić information content (AvgIpc) is 2.55. The van der Waals surface area contributed by atoms with Crippen LogP contribution in [0.4, 0.5) is 5.69 Å². The van der Waals surface area contributed by atoms with Gasteiger partial charge in [0.05, 0.1) is 0 Å². The van der Waals surface area contributed by atoms with E-state index in [0.29, 0.717) is 44.7 Å². The van der Waals surface area contributed by atoms with E-state index in [1.54, 1.807) is 28.9 Å². The van der Waals surface area contributed by atoms with Gasteiger partial charge in [-0.1, -0.05) is 12.1 Å². The lowest BCUT2D eigenvalue weighted by Crippen LogP contribution is -2.50. The molecule has 6 nitrogen and oxygen atoms in total. The van der Waals surface area contributed by atoms with Gasteiger partial charge in [-0.15, -0.1) is 0 Å². The minimum atomic E-state index is 0.0214. The van der Waals surface area contributed by atoms with Crippen molar-refractivity contribution in [1.29, 1.82) is 0 Å². The Morgan fingerprint density at radius 3 is 2.30 bits per heavy atom. The first kappa shape index (κ1) is 17.0. The van der Waals surface area contributed by atoms with Gasteiger partial charge in [-0.2, -0.15) is 0 Å². The number of rotatable bonds is 5. The Morgan fingerprint density at radius 1 is 1.04 bits per heavy atom. The molecule has 2 rings (SSSR count). The molecule has 1 fully saturated rings. The van der Waals surface area contributed by atoms with Crippen LogP contribution >= 0.6 is 0 Å². The van der Waals surface area contributed by atoms with Crippen LogP contribution in [-0.2, 0) is 9.59 Å². The molecule has 1 N–H and O–H groups in total. The molecule has 1 saturated heterocycles. The Balaban J connectivity index is 1.76. The number of ketones is 1. The summed E-state index contributed by atoms with van der Waals surface area (Å²) in [5.41, 5.74) is 1.49. The van der Waals surface area contributed by atoms with Crippen LogP contribution in [0.25, 0.3) is 0 Å². The molecule has 0 spiro atoms. The third kappa shape index (κ3) is 4.81. The number of nitrogens with one attached hydrogen (secondary N) is 1. The second-order valence-electron chi connectivity index (χ2n) is 5.70. The maximum atomic E-state index is 12.2. The van der Waals surface area contributed by atoms with Crippen molar-refractivity contribution in [3.05, 3.63) is 29.8 Å². The van der Waals surface area contributed by atoms with Crippen molar-refractivity contribution in [2.24, 2.45) is 0 Å². The van der Waals surface area contributed by atoms with Gasteiger partial charge in [0.25, 0.3) is 0 Å². The van der Waals surface area contributed by atoms with Crippen molar-refractivity contribution >= 4 is 23.3 Å². The number of hydrogen-bond donors (Lipinski definition) is 1. The molecule has 1 aliphatic rings. The zero-order valence-corrected chi connectivity index (χ0v) is 13.7.